The quantitative estimate of drug-likeness (QED) is 0.513. The first-order valence-electron chi connectivity index (χ1n) is 5.66. The highest BCUT2D eigenvalue weighted by Crippen LogP contribution is 2.39. The second kappa shape index (κ2) is 6.23. The third-order valence-corrected chi connectivity index (χ3v) is 3.90. The van der Waals surface area contributed by atoms with Crippen molar-refractivity contribution in [2.75, 3.05) is 7.11 Å². The summed E-state index contributed by atoms with van der Waals surface area (Å²) in [6.07, 6.45) is 0. The molecule has 0 spiro atoms. The summed E-state index contributed by atoms with van der Waals surface area (Å²) >= 11 is 9.04. The Balaban J connectivity index is 2.60. The number of hydrogen-bond acceptors (Lipinski definition) is 1. The van der Waals surface area contributed by atoms with E-state index in [1.807, 2.05) is 0 Å². The van der Waals surface area contributed by atoms with Crippen LogP contribution in [0.4, 0.5) is 17.6 Å². The molecule has 0 N–H and O–H groups in total. The first-order valence-corrected chi connectivity index (χ1v) is 6.89. The van der Waals surface area contributed by atoms with Gasteiger partial charge >= 0.3 is 0 Å². The predicted molar refractivity (Wildman–Crippen MR) is 74.7 cm³/mol. The van der Waals surface area contributed by atoms with E-state index < -0.39 is 34.2 Å². The average Bonchev–Trinajstić information content (AvgIpc) is 2.39. The maximum atomic E-state index is 13.8. The second-order valence-corrected chi connectivity index (χ2v) is 5.44. The molecule has 0 aliphatic carbocycles. The lowest BCUT2D eigenvalue weighted by Crippen LogP contribution is -2.04. The fourth-order valence-corrected chi connectivity index (χ4v) is 2.61. The lowest BCUT2D eigenvalue weighted by molar-refractivity contribution is 0.405. The van der Waals surface area contributed by atoms with E-state index in [0.717, 1.165) is 6.07 Å². The molecule has 1 nitrogen and oxygen atoms in total. The normalized spacial score (nSPS) is 12.3. The van der Waals surface area contributed by atoms with Gasteiger partial charge in [-0.1, -0.05) is 0 Å². The highest BCUT2D eigenvalue weighted by Gasteiger charge is 2.25. The van der Waals surface area contributed by atoms with E-state index in [2.05, 4.69) is 15.9 Å². The molecule has 0 saturated carbocycles. The van der Waals surface area contributed by atoms with E-state index in [1.165, 1.54) is 13.2 Å². The zero-order valence-electron chi connectivity index (χ0n) is 10.6. The SMILES string of the molecule is COc1cc(F)c(Br)cc1C(Cl)c1c(F)cc(F)cc1F. The van der Waals surface area contributed by atoms with Gasteiger partial charge < -0.3 is 4.74 Å². The minimum Gasteiger partial charge on any atom is -0.496 e. The number of benzene rings is 2. The van der Waals surface area contributed by atoms with E-state index in [1.54, 1.807) is 0 Å². The van der Waals surface area contributed by atoms with Gasteiger partial charge in [-0.05, 0) is 22.0 Å². The van der Waals surface area contributed by atoms with Crippen LogP contribution >= 0.6 is 27.5 Å². The van der Waals surface area contributed by atoms with Gasteiger partial charge in [-0.15, -0.1) is 11.6 Å². The highest BCUT2D eigenvalue weighted by molar-refractivity contribution is 9.10. The molecule has 2 aromatic carbocycles. The van der Waals surface area contributed by atoms with Gasteiger partial charge in [0.05, 0.1) is 17.0 Å². The lowest BCUT2D eigenvalue weighted by Gasteiger charge is -2.16. The molecule has 1 unspecified atom stereocenters. The number of ether oxygens (including phenoxy) is 1. The molecule has 1 atom stereocenters. The van der Waals surface area contributed by atoms with Gasteiger partial charge in [-0.25, -0.2) is 17.6 Å². The van der Waals surface area contributed by atoms with Gasteiger partial charge in [0, 0.05) is 29.3 Å². The maximum Gasteiger partial charge on any atom is 0.141 e. The molecule has 0 aliphatic heterocycles. The molecular weight excluding hydrogens is 376 g/mol. The molecule has 0 saturated heterocycles. The van der Waals surface area contributed by atoms with Crippen molar-refractivity contribution < 1.29 is 22.3 Å². The Kier molecular flexibility index (Phi) is 4.78. The molecule has 0 amide bonds. The van der Waals surface area contributed by atoms with Gasteiger partial charge in [0.25, 0.3) is 0 Å². The molecule has 2 aromatic rings. The van der Waals surface area contributed by atoms with Crippen LogP contribution in [0.2, 0.25) is 0 Å². The summed E-state index contributed by atoms with van der Waals surface area (Å²) in [6, 6.07) is 3.35. The number of rotatable bonds is 3. The van der Waals surface area contributed by atoms with Crippen LogP contribution < -0.4 is 4.74 Å². The summed E-state index contributed by atoms with van der Waals surface area (Å²) < 4.78 is 59.0. The molecule has 0 aromatic heterocycles. The Morgan fingerprint density at radius 2 is 1.57 bits per heavy atom. The van der Waals surface area contributed by atoms with Crippen LogP contribution in [0.3, 0.4) is 0 Å². The minimum atomic E-state index is -1.31. The van der Waals surface area contributed by atoms with Crippen molar-refractivity contribution in [2.45, 2.75) is 5.38 Å². The highest BCUT2D eigenvalue weighted by atomic mass is 79.9. The number of methoxy groups -OCH3 is 1. The Hall–Kier alpha value is -1.27. The Morgan fingerprint density at radius 3 is 2.10 bits per heavy atom. The van der Waals surface area contributed by atoms with Gasteiger partial charge in [0.2, 0.25) is 0 Å². The molecule has 0 radical (unpaired) electrons. The Morgan fingerprint density at radius 1 is 1.00 bits per heavy atom. The Labute approximate surface area is 131 Å². The van der Waals surface area contributed by atoms with Gasteiger partial charge in [-0.3, -0.25) is 0 Å². The third-order valence-electron chi connectivity index (χ3n) is 2.84. The van der Waals surface area contributed by atoms with Crippen LogP contribution in [0, 0.1) is 23.3 Å². The summed E-state index contributed by atoms with van der Waals surface area (Å²) in [4.78, 5) is 0. The number of alkyl halides is 1. The smallest absolute Gasteiger partial charge is 0.141 e. The van der Waals surface area contributed by atoms with Crippen LogP contribution in [-0.2, 0) is 0 Å². The van der Waals surface area contributed by atoms with Crippen LogP contribution in [-0.4, -0.2) is 7.11 Å². The van der Waals surface area contributed by atoms with Crippen molar-refractivity contribution in [2.24, 2.45) is 0 Å². The number of hydrogen-bond donors (Lipinski definition) is 0. The van der Waals surface area contributed by atoms with Crippen molar-refractivity contribution >= 4 is 27.5 Å². The van der Waals surface area contributed by atoms with E-state index in [4.69, 9.17) is 16.3 Å². The first kappa shape index (κ1) is 16.1. The molecule has 0 bridgehead atoms. The third kappa shape index (κ3) is 3.16. The van der Waals surface area contributed by atoms with Crippen molar-refractivity contribution in [3.05, 3.63) is 63.1 Å². The summed E-state index contributed by atoms with van der Waals surface area (Å²) in [7, 11) is 1.27. The van der Waals surface area contributed by atoms with Crippen LogP contribution in [0.1, 0.15) is 16.5 Å². The zero-order chi connectivity index (χ0) is 15.7. The molecule has 2 rings (SSSR count). The molecular formula is C14H8BrClF4O. The van der Waals surface area contributed by atoms with Gasteiger partial charge in [0.15, 0.2) is 0 Å². The van der Waals surface area contributed by atoms with E-state index in [-0.39, 0.29) is 15.8 Å². The average molecular weight is 384 g/mol. The van der Waals surface area contributed by atoms with Crippen LogP contribution in [0.5, 0.6) is 5.75 Å². The molecule has 21 heavy (non-hydrogen) atoms. The molecule has 7 heteroatoms. The van der Waals surface area contributed by atoms with Crippen molar-refractivity contribution in [3.8, 4) is 5.75 Å². The number of halogens is 6. The van der Waals surface area contributed by atoms with Crippen molar-refractivity contribution in [3.63, 3.8) is 0 Å². The molecule has 0 aliphatic rings. The second-order valence-electron chi connectivity index (χ2n) is 4.15. The fourth-order valence-electron chi connectivity index (χ4n) is 1.87. The monoisotopic (exact) mass is 382 g/mol. The van der Waals surface area contributed by atoms with Gasteiger partial charge in [-0.2, -0.15) is 0 Å². The largest absolute Gasteiger partial charge is 0.496 e. The van der Waals surface area contributed by atoms with E-state index in [0.29, 0.717) is 12.1 Å². The standard InChI is InChI=1S/C14H8BrClF4O/c1-21-12-5-9(18)8(15)4-7(12)14(16)13-10(19)2-6(17)3-11(13)20/h2-5,14H,1H3. The zero-order valence-corrected chi connectivity index (χ0v) is 12.9. The molecule has 0 fully saturated rings. The minimum absolute atomic E-state index is 0.0267. The summed E-state index contributed by atoms with van der Waals surface area (Å²) in [5.41, 5.74) is -0.383. The lowest BCUT2D eigenvalue weighted by atomic mass is 10.0. The first-order chi connectivity index (χ1) is 9.85. The molecule has 112 valence electrons. The predicted octanol–water partition coefficient (Wildman–Crippen LogP) is 5.34. The maximum absolute atomic E-state index is 13.8. The summed E-state index contributed by atoms with van der Waals surface area (Å²) in [5, 5.41) is -1.31. The molecule has 0 heterocycles. The van der Waals surface area contributed by atoms with Crippen LogP contribution in [0.15, 0.2) is 28.7 Å². The van der Waals surface area contributed by atoms with Gasteiger partial charge in [0.1, 0.15) is 29.0 Å². The fraction of sp³-hybridized carbons (Fsp3) is 0.143. The van der Waals surface area contributed by atoms with E-state index in [9.17, 15) is 17.6 Å². The Bertz CT molecular complexity index is 670. The summed E-state index contributed by atoms with van der Waals surface area (Å²) in [6.45, 7) is 0. The van der Waals surface area contributed by atoms with Crippen molar-refractivity contribution in [1.29, 1.82) is 0 Å². The van der Waals surface area contributed by atoms with E-state index >= 15 is 0 Å². The topological polar surface area (TPSA) is 9.23 Å². The summed E-state index contributed by atoms with van der Waals surface area (Å²) in [5.74, 6) is -3.90. The van der Waals surface area contributed by atoms with Crippen molar-refractivity contribution in [1.82, 2.24) is 0 Å². The van der Waals surface area contributed by atoms with Crippen LogP contribution in [0.25, 0.3) is 0 Å².